The molecule has 0 radical (unpaired) electrons. The quantitative estimate of drug-likeness (QED) is 0.271. The van der Waals surface area contributed by atoms with Crippen molar-refractivity contribution in [1.82, 2.24) is 10.6 Å². The summed E-state index contributed by atoms with van der Waals surface area (Å²) >= 11 is 9.02. The number of aryl methyl sites for hydroxylation is 1. The van der Waals surface area contributed by atoms with Gasteiger partial charge in [-0.1, -0.05) is 35.4 Å². The lowest BCUT2D eigenvalue weighted by atomic mass is 10.1. The number of rotatable bonds is 8. The van der Waals surface area contributed by atoms with Crippen molar-refractivity contribution >= 4 is 52.6 Å². The molecule has 30 heavy (non-hydrogen) atoms. The highest BCUT2D eigenvalue weighted by atomic mass is 35.5. The molecule has 0 spiro atoms. The Bertz CT molecular complexity index is 1030. The molecule has 0 aliphatic heterocycles. The Labute approximate surface area is 189 Å². The molecule has 0 bridgehead atoms. The number of benzene rings is 2. The summed E-state index contributed by atoms with van der Waals surface area (Å²) in [6, 6.07) is 18.6. The lowest BCUT2D eigenvalue weighted by Gasteiger charge is -2.11. The average molecular weight is 457 g/mol. The van der Waals surface area contributed by atoms with E-state index in [1.807, 2.05) is 60.8 Å². The minimum Gasteiger partial charge on any atom is -0.350 e. The lowest BCUT2D eigenvalue weighted by molar-refractivity contribution is -0.117. The Kier molecular flexibility index (Phi) is 8.13. The van der Waals surface area contributed by atoms with Crippen LogP contribution in [0, 0.1) is 6.92 Å². The van der Waals surface area contributed by atoms with Crippen LogP contribution in [0.5, 0.6) is 0 Å². The van der Waals surface area contributed by atoms with E-state index in [9.17, 15) is 9.59 Å². The maximum atomic E-state index is 12.7. The SMILES string of the molecule is Cc1cccc(C(=O)N/C(=C\c2cccs2)C(=O)NCCSc2ccc(Cl)cc2)c1. The number of thiophene rings is 1. The van der Waals surface area contributed by atoms with Gasteiger partial charge in [-0.3, -0.25) is 9.59 Å². The van der Waals surface area contributed by atoms with Gasteiger partial charge in [-0.2, -0.15) is 0 Å². The number of halogens is 1. The predicted octanol–water partition coefficient (Wildman–Crippen LogP) is 5.39. The molecular weight excluding hydrogens is 436 g/mol. The number of thioether (sulfide) groups is 1. The van der Waals surface area contributed by atoms with Crippen LogP contribution in [0.1, 0.15) is 20.8 Å². The summed E-state index contributed by atoms with van der Waals surface area (Å²) in [5.41, 5.74) is 1.72. The standard InChI is InChI=1S/C23H21ClN2O2S2/c1-16-4-2-5-17(14-16)22(27)26-21(15-20-6-3-12-29-20)23(28)25-11-13-30-19-9-7-18(24)8-10-19/h2-10,12,14-15H,11,13H2,1H3,(H,25,28)(H,26,27)/b21-15-. The number of carbonyl (C=O) groups is 2. The van der Waals surface area contributed by atoms with Crippen LogP contribution in [0.2, 0.25) is 5.02 Å². The fourth-order valence-electron chi connectivity index (χ4n) is 2.61. The molecule has 154 valence electrons. The molecule has 0 unspecified atom stereocenters. The first-order chi connectivity index (χ1) is 14.5. The summed E-state index contributed by atoms with van der Waals surface area (Å²) in [5.74, 6) is 0.0687. The van der Waals surface area contributed by atoms with Gasteiger partial charge in [-0.25, -0.2) is 0 Å². The van der Waals surface area contributed by atoms with Gasteiger partial charge in [0, 0.05) is 32.7 Å². The monoisotopic (exact) mass is 456 g/mol. The fraction of sp³-hybridized carbons (Fsp3) is 0.130. The molecule has 3 rings (SSSR count). The van der Waals surface area contributed by atoms with Gasteiger partial charge in [-0.15, -0.1) is 23.1 Å². The number of nitrogens with one attached hydrogen (secondary N) is 2. The van der Waals surface area contributed by atoms with Gasteiger partial charge in [0.15, 0.2) is 0 Å². The highest BCUT2D eigenvalue weighted by molar-refractivity contribution is 7.99. The molecule has 1 aromatic heterocycles. The molecule has 4 nitrogen and oxygen atoms in total. The van der Waals surface area contributed by atoms with Crippen LogP contribution in [0.3, 0.4) is 0 Å². The van der Waals surface area contributed by atoms with Gasteiger partial charge in [0.1, 0.15) is 5.70 Å². The van der Waals surface area contributed by atoms with Gasteiger partial charge >= 0.3 is 0 Å². The van der Waals surface area contributed by atoms with Crippen LogP contribution in [-0.2, 0) is 4.79 Å². The molecule has 0 atom stereocenters. The van der Waals surface area contributed by atoms with Gasteiger partial charge in [0.05, 0.1) is 0 Å². The second-order valence-electron chi connectivity index (χ2n) is 6.46. The van der Waals surface area contributed by atoms with Crippen molar-refractivity contribution in [3.05, 3.63) is 92.8 Å². The molecule has 0 fully saturated rings. The molecular formula is C23H21ClN2O2S2. The van der Waals surface area contributed by atoms with E-state index < -0.39 is 0 Å². The summed E-state index contributed by atoms with van der Waals surface area (Å²) in [7, 11) is 0. The minimum absolute atomic E-state index is 0.223. The van der Waals surface area contributed by atoms with Crippen molar-refractivity contribution in [3.63, 3.8) is 0 Å². The second-order valence-corrected chi connectivity index (χ2v) is 9.04. The van der Waals surface area contributed by atoms with E-state index in [1.54, 1.807) is 30.0 Å². The molecule has 0 aliphatic carbocycles. The molecule has 2 N–H and O–H groups in total. The smallest absolute Gasteiger partial charge is 0.267 e. The van der Waals surface area contributed by atoms with Gasteiger partial charge in [-0.05, 0) is 60.8 Å². The van der Waals surface area contributed by atoms with E-state index in [4.69, 9.17) is 11.6 Å². The van der Waals surface area contributed by atoms with Crippen LogP contribution in [0.15, 0.2) is 76.6 Å². The number of carbonyl (C=O) groups excluding carboxylic acids is 2. The lowest BCUT2D eigenvalue weighted by Crippen LogP contribution is -2.35. The Balaban J connectivity index is 1.62. The first-order valence-electron chi connectivity index (χ1n) is 9.31. The molecule has 2 amide bonds. The normalized spacial score (nSPS) is 11.2. The topological polar surface area (TPSA) is 58.2 Å². The summed E-state index contributed by atoms with van der Waals surface area (Å²) in [5, 5.41) is 8.26. The third kappa shape index (κ3) is 6.76. The Morgan fingerprint density at radius 3 is 2.60 bits per heavy atom. The molecule has 3 aromatic rings. The number of amides is 2. The molecule has 0 saturated heterocycles. The van der Waals surface area contributed by atoms with Crippen molar-refractivity contribution < 1.29 is 9.59 Å². The minimum atomic E-state index is -0.318. The van der Waals surface area contributed by atoms with E-state index in [-0.39, 0.29) is 17.5 Å². The highest BCUT2D eigenvalue weighted by Gasteiger charge is 2.15. The first-order valence-corrected chi connectivity index (χ1v) is 11.6. The largest absolute Gasteiger partial charge is 0.350 e. The first kappa shape index (κ1) is 22.2. The fourth-order valence-corrected chi connectivity index (χ4v) is 4.17. The zero-order valence-corrected chi connectivity index (χ0v) is 18.7. The Morgan fingerprint density at radius 2 is 1.90 bits per heavy atom. The van der Waals surface area contributed by atoms with Gasteiger partial charge in [0.25, 0.3) is 11.8 Å². The van der Waals surface area contributed by atoms with E-state index in [1.165, 1.54) is 11.3 Å². The zero-order chi connectivity index (χ0) is 21.3. The Morgan fingerprint density at radius 1 is 1.10 bits per heavy atom. The van der Waals surface area contributed by atoms with Crippen LogP contribution in [0.4, 0.5) is 0 Å². The zero-order valence-electron chi connectivity index (χ0n) is 16.4. The van der Waals surface area contributed by atoms with Crippen molar-refractivity contribution in [1.29, 1.82) is 0 Å². The molecule has 2 aromatic carbocycles. The molecule has 7 heteroatoms. The van der Waals surface area contributed by atoms with Crippen LogP contribution in [-0.4, -0.2) is 24.1 Å². The van der Waals surface area contributed by atoms with Gasteiger partial charge < -0.3 is 10.6 Å². The van der Waals surface area contributed by atoms with Crippen LogP contribution < -0.4 is 10.6 Å². The van der Waals surface area contributed by atoms with Crippen LogP contribution in [0.25, 0.3) is 6.08 Å². The van der Waals surface area contributed by atoms with E-state index >= 15 is 0 Å². The summed E-state index contributed by atoms with van der Waals surface area (Å²) in [4.78, 5) is 27.4. The number of hydrogen-bond donors (Lipinski definition) is 2. The summed E-state index contributed by atoms with van der Waals surface area (Å²) < 4.78 is 0. The Hall–Kier alpha value is -2.54. The third-order valence-electron chi connectivity index (χ3n) is 4.07. The predicted molar refractivity (Wildman–Crippen MR) is 126 cm³/mol. The van der Waals surface area contributed by atoms with Crippen molar-refractivity contribution in [2.75, 3.05) is 12.3 Å². The number of hydrogen-bond acceptors (Lipinski definition) is 4. The second kappa shape index (κ2) is 11.0. The molecule has 0 aliphatic rings. The summed E-state index contributed by atoms with van der Waals surface area (Å²) in [6.45, 7) is 2.39. The third-order valence-corrected chi connectivity index (χ3v) is 6.16. The highest BCUT2D eigenvalue weighted by Crippen LogP contribution is 2.19. The average Bonchev–Trinajstić information content (AvgIpc) is 3.25. The van der Waals surface area contributed by atoms with E-state index in [2.05, 4.69) is 10.6 Å². The van der Waals surface area contributed by atoms with E-state index in [0.29, 0.717) is 22.9 Å². The van der Waals surface area contributed by atoms with Crippen molar-refractivity contribution in [2.45, 2.75) is 11.8 Å². The summed E-state index contributed by atoms with van der Waals surface area (Å²) in [6.07, 6.45) is 1.69. The van der Waals surface area contributed by atoms with Crippen molar-refractivity contribution in [2.24, 2.45) is 0 Å². The van der Waals surface area contributed by atoms with E-state index in [0.717, 1.165) is 15.3 Å². The molecule has 0 saturated carbocycles. The molecule has 1 heterocycles. The van der Waals surface area contributed by atoms with Gasteiger partial charge in [0.2, 0.25) is 0 Å². The maximum Gasteiger partial charge on any atom is 0.267 e. The maximum absolute atomic E-state index is 12.7. The van der Waals surface area contributed by atoms with Crippen molar-refractivity contribution in [3.8, 4) is 0 Å². The van der Waals surface area contributed by atoms with Crippen LogP contribution >= 0.6 is 34.7 Å².